The second kappa shape index (κ2) is 8.95. The van der Waals surface area contributed by atoms with Crippen LogP contribution in [0.2, 0.25) is 0 Å². The number of halogens is 2. The van der Waals surface area contributed by atoms with Gasteiger partial charge in [-0.15, -0.1) is 0 Å². The number of sulfonamides is 1. The summed E-state index contributed by atoms with van der Waals surface area (Å²) in [4.78, 5) is 12.5. The highest BCUT2D eigenvalue weighted by molar-refractivity contribution is 7.89. The molecule has 0 aromatic heterocycles. The van der Waals surface area contributed by atoms with E-state index in [1.54, 1.807) is 0 Å². The predicted molar refractivity (Wildman–Crippen MR) is 115 cm³/mol. The second-order valence-electron chi connectivity index (χ2n) is 7.32. The summed E-state index contributed by atoms with van der Waals surface area (Å²) in [6.07, 6.45) is 0. The molecule has 0 spiro atoms. The zero-order chi connectivity index (χ0) is 22.8. The van der Waals surface area contributed by atoms with Crippen LogP contribution in [0.15, 0.2) is 59.5 Å². The van der Waals surface area contributed by atoms with Crippen molar-refractivity contribution in [2.24, 2.45) is 0 Å². The topological polar surface area (TPSA) is 75.3 Å². The van der Waals surface area contributed by atoms with Gasteiger partial charge < -0.3 is 5.32 Å². The van der Waals surface area contributed by atoms with Gasteiger partial charge in [0.15, 0.2) is 0 Å². The number of anilines is 1. The molecule has 0 unspecified atom stereocenters. The van der Waals surface area contributed by atoms with Crippen LogP contribution in [0.1, 0.15) is 32.6 Å². The number of nitrogens with one attached hydrogen (secondary N) is 2. The van der Waals surface area contributed by atoms with Crippen LogP contribution in [0.3, 0.4) is 0 Å². The molecule has 0 bridgehead atoms. The number of carbonyl (C=O) groups excluding carboxylic acids is 1. The van der Waals surface area contributed by atoms with Crippen molar-refractivity contribution in [2.45, 2.75) is 32.2 Å². The van der Waals surface area contributed by atoms with Crippen molar-refractivity contribution in [2.75, 3.05) is 5.32 Å². The first kappa shape index (κ1) is 22.6. The fourth-order valence-corrected chi connectivity index (χ4v) is 4.31. The summed E-state index contributed by atoms with van der Waals surface area (Å²) in [6, 6.07) is 12.1. The molecule has 0 saturated heterocycles. The Morgan fingerprint density at radius 1 is 0.903 bits per heavy atom. The maximum Gasteiger partial charge on any atom is 0.258 e. The zero-order valence-corrected chi connectivity index (χ0v) is 18.1. The van der Waals surface area contributed by atoms with Gasteiger partial charge in [0, 0.05) is 12.2 Å². The smallest absolute Gasteiger partial charge is 0.258 e. The van der Waals surface area contributed by atoms with Crippen LogP contribution in [-0.4, -0.2) is 14.3 Å². The number of hydrogen-bond acceptors (Lipinski definition) is 3. The van der Waals surface area contributed by atoms with Crippen molar-refractivity contribution in [1.29, 1.82) is 0 Å². The summed E-state index contributed by atoms with van der Waals surface area (Å²) < 4.78 is 55.0. The Labute approximate surface area is 180 Å². The van der Waals surface area contributed by atoms with Gasteiger partial charge in [0.25, 0.3) is 5.91 Å². The molecule has 8 heteroatoms. The van der Waals surface area contributed by atoms with E-state index in [9.17, 15) is 22.0 Å². The number of amides is 1. The zero-order valence-electron chi connectivity index (χ0n) is 17.3. The van der Waals surface area contributed by atoms with Crippen molar-refractivity contribution in [3.63, 3.8) is 0 Å². The molecule has 0 saturated carbocycles. The van der Waals surface area contributed by atoms with Crippen LogP contribution < -0.4 is 10.0 Å². The number of aryl methyl sites for hydroxylation is 3. The molecule has 2 N–H and O–H groups in total. The lowest BCUT2D eigenvalue weighted by molar-refractivity contribution is 0.102. The Kier molecular flexibility index (Phi) is 6.52. The first-order valence-electron chi connectivity index (χ1n) is 9.49. The molecule has 0 aliphatic heterocycles. The van der Waals surface area contributed by atoms with Crippen LogP contribution in [0.25, 0.3) is 0 Å². The molecule has 1 amide bonds. The molecular weight excluding hydrogens is 422 g/mol. The van der Waals surface area contributed by atoms with Crippen molar-refractivity contribution < 1.29 is 22.0 Å². The standard InChI is InChI=1S/C23H22F2N2O3S/c1-14-10-15(2)22(16(3)11-14)27-23(28)20-12-19(8-9-21(20)25)31(29,30)26-13-17-4-6-18(24)7-5-17/h4-12,26H,13H2,1-3H3,(H,27,28). The summed E-state index contributed by atoms with van der Waals surface area (Å²) in [5.41, 5.74) is 3.38. The van der Waals surface area contributed by atoms with Gasteiger partial charge in [-0.2, -0.15) is 0 Å². The van der Waals surface area contributed by atoms with E-state index in [0.29, 0.717) is 11.3 Å². The van der Waals surface area contributed by atoms with Crippen LogP contribution in [0, 0.1) is 32.4 Å². The lowest BCUT2D eigenvalue weighted by Crippen LogP contribution is -2.24. The summed E-state index contributed by atoms with van der Waals surface area (Å²) in [5.74, 6) is -2.01. The minimum absolute atomic E-state index is 0.0801. The van der Waals surface area contributed by atoms with Gasteiger partial charge in [0.05, 0.1) is 10.5 Å². The fourth-order valence-electron chi connectivity index (χ4n) is 3.27. The average molecular weight is 445 g/mol. The molecular formula is C23H22F2N2O3S. The fraction of sp³-hybridized carbons (Fsp3) is 0.174. The lowest BCUT2D eigenvalue weighted by atomic mass is 10.0. The van der Waals surface area contributed by atoms with E-state index < -0.39 is 27.6 Å². The lowest BCUT2D eigenvalue weighted by Gasteiger charge is -2.14. The van der Waals surface area contributed by atoms with Crippen LogP contribution in [0.5, 0.6) is 0 Å². The van der Waals surface area contributed by atoms with E-state index in [1.165, 1.54) is 24.3 Å². The minimum atomic E-state index is -4.03. The Morgan fingerprint density at radius 2 is 1.52 bits per heavy atom. The van der Waals surface area contributed by atoms with Gasteiger partial charge in [0.1, 0.15) is 11.6 Å². The monoisotopic (exact) mass is 444 g/mol. The van der Waals surface area contributed by atoms with E-state index in [-0.39, 0.29) is 17.0 Å². The number of benzene rings is 3. The van der Waals surface area contributed by atoms with Gasteiger partial charge in [-0.3, -0.25) is 4.79 Å². The predicted octanol–water partition coefficient (Wildman–Crippen LogP) is 4.62. The molecule has 0 radical (unpaired) electrons. The minimum Gasteiger partial charge on any atom is -0.321 e. The molecule has 0 aliphatic rings. The van der Waals surface area contributed by atoms with Crippen molar-refractivity contribution in [3.05, 3.63) is 94.0 Å². The third kappa shape index (κ3) is 5.34. The highest BCUT2D eigenvalue weighted by Gasteiger charge is 2.20. The highest BCUT2D eigenvalue weighted by atomic mass is 32.2. The molecule has 3 rings (SSSR count). The summed E-state index contributed by atoms with van der Waals surface area (Å²) in [7, 11) is -4.03. The van der Waals surface area contributed by atoms with E-state index >= 15 is 0 Å². The normalized spacial score (nSPS) is 11.4. The largest absolute Gasteiger partial charge is 0.321 e. The van der Waals surface area contributed by atoms with Gasteiger partial charge in [-0.25, -0.2) is 21.9 Å². The van der Waals surface area contributed by atoms with Crippen LogP contribution in [0.4, 0.5) is 14.5 Å². The Hall–Kier alpha value is -3.10. The quantitative estimate of drug-likeness (QED) is 0.583. The van der Waals surface area contributed by atoms with Gasteiger partial charge >= 0.3 is 0 Å². The average Bonchev–Trinajstić information content (AvgIpc) is 2.70. The second-order valence-corrected chi connectivity index (χ2v) is 9.09. The third-order valence-electron chi connectivity index (χ3n) is 4.79. The maximum atomic E-state index is 14.4. The molecule has 3 aromatic rings. The Morgan fingerprint density at radius 3 is 2.13 bits per heavy atom. The van der Waals surface area contributed by atoms with Crippen LogP contribution in [-0.2, 0) is 16.6 Å². The summed E-state index contributed by atoms with van der Waals surface area (Å²) in [6.45, 7) is 5.50. The Balaban J connectivity index is 1.83. The number of hydrogen-bond donors (Lipinski definition) is 2. The third-order valence-corrected chi connectivity index (χ3v) is 6.19. The number of carbonyl (C=O) groups is 1. The maximum absolute atomic E-state index is 14.4. The van der Waals surface area contributed by atoms with Crippen molar-refractivity contribution >= 4 is 21.6 Å². The summed E-state index contributed by atoms with van der Waals surface area (Å²) in [5, 5.41) is 2.67. The van der Waals surface area contributed by atoms with Gasteiger partial charge in [-0.05, 0) is 67.8 Å². The molecule has 0 fully saturated rings. The van der Waals surface area contributed by atoms with Crippen molar-refractivity contribution in [3.8, 4) is 0 Å². The molecule has 0 aliphatic carbocycles. The SMILES string of the molecule is Cc1cc(C)c(NC(=O)c2cc(S(=O)(=O)NCc3ccc(F)cc3)ccc2F)c(C)c1. The summed E-state index contributed by atoms with van der Waals surface area (Å²) >= 11 is 0. The molecule has 31 heavy (non-hydrogen) atoms. The van der Waals surface area contributed by atoms with E-state index in [0.717, 1.165) is 34.9 Å². The van der Waals surface area contributed by atoms with Gasteiger partial charge in [-0.1, -0.05) is 29.8 Å². The molecule has 5 nitrogen and oxygen atoms in total. The molecule has 0 atom stereocenters. The van der Waals surface area contributed by atoms with Gasteiger partial charge in [0.2, 0.25) is 10.0 Å². The first-order chi connectivity index (χ1) is 14.6. The van der Waals surface area contributed by atoms with Crippen LogP contribution >= 0.6 is 0 Å². The van der Waals surface area contributed by atoms with E-state index in [1.807, 2.05) is 32.9 Å². The first-order valence-corrected chi connectivity index (χ1v) is 11.0. The molecule has 0 heterocycles. The molecule has 3 aromatic carbocycles. The molecule has 162 valence electrons. The van der Waals surface area contributed by atoms with E-state index in [2.05, 4.69) is 10.0 Å². The number of rotatable bonds is 6. The van der Waals surface area contributed by atoms with E-state index in [4.69, 9.17) is 0 Å². The Bertz CT molecular complexity index is 1220. The highest BCUT2D eigenvalue weighted by Crippen LogP contribution is 2.24. The van der Waals surface area contributed by atoms with Crippen molar-refractivity contribution in [1.82, 2.24) is 4.72 Å².